The summed E-state index contributed by atoms with van der Waals surface area (Å²) in [4.78, 5) is 2.38. The molecule has 0 saturated heterocycles. The van der Waals surface area contributed by atoms with E-state index in [0.29, 0.717) is 20.7 Å². The van der Waals surface area contributed by atoms with Crippen molar-refractivity contribution in [2.75, 3.05) is 4.90 Å². The summed E-state index contributed by atoms with van der Waals surface area (Å²) in [7, 11) is 0. The van der Waals surface area contributed by atoms with E-state index in [-0.39, 0.29) is 45.8 Å². The Morgan fingerprint density at radius 3 is 2.12 bits per heavy atom. The lowest BCUT2D eigenvalue weighted by Crippen LogP contribution is -2.59. The van der Waals surface area contributed by atoms with Gasteiger partial charge >= 0.3 is 0 Å². The SMILES string of the molecule is [2H]c1sc2c(c1[2H])B1c3c(cc(C45CC6CC(CC(C6)C4)C5)cc3N2c2ccc(C(C)(C)C)cc2C(C)(C)C)Oc2sc3c([2H])c([2H])c(C(C)(C)C)c([2H])c3c21. The highest BCUT2D eigenvalue weighted by molar-refractivity contribution is 7.25. The highest BCUT2D eigenvalue weighted by Crippen LogP contribution is 2.62. The van der Waals surface area contributed by atoms with E-state index in [1.54, 1.807) is 0 Å². The van der Waals surface area contributed by atoms with Crippen molar-refractivity contribution in [3.63, 3.8) is 0 Å². The van der Waals surface area contributed by atoms with Crippen LogP contribution in [0.3, 0.4) is 0 Å². The Balaban J connectivity index is 1.31. The van der Waals surface area contributed by atoms with Crippen LogP contribution in [0, 0.1) is 17.8 Å². The minimum atomic E-state index is -0.521. The number of ether oxygens (including phenoxy) is 1. The number of thiophene rings is 2. The van der Waals surface area contributed by atoms with Gasteiger partial charge in [-0.3, -0.25) is 0 Å². The van der Waals surface area contributed by atoms with E-state index in [1.807, 2.05) is 20.8 Å². The average Bonchev–Trinajstić information content (AvgIpc) is 3.62. The molecular formula is C46H52BNOS2. The Bertz CT molecular complexity index is 2500. The molecule has 11 rings (SSSR count). The molecule has 2 aromatic heterocycles. The summed E-state index contributed by atoms with van der Waals surface area (Å²) in [6, 6.07) is 12.4. The van der Waals surface area contributed by atoms with Crippen LogP contribution in [0.5, 0.6) is 10.8 Å². The molecule has 6 aliphatic rings. The van der Waals surface area contributed by atoms with Gasteiger partial charge in [-0.1, -0.05) is 104 Å². The number of nitrogens with zero attached hydrogens (tertiary/aromatic N) is 1. The summed E-state index contributed by atoms with van der Waals surface area (Å²) in [6.07, 6.45) is 7.72. The summed E-state index contributed by atoms with van der Waals surface area (Å²) in [5.41, 5.74) is 8.43. The van der Waals surface area contributed by atoms with Gasteiger partial charge in [-0.2, -0.15) is 0 Å². The van der Waals surface area contributed by atoms with Gasteiger partial charge in [0.25, 0.3) is 6.71 Å². The van der Waals surface area contributed by atoms with Crippen LogP contribution in [0.15, 0.2) is 59.9 Å². The monoisotopic (exact) mass is 714 g/mol. The standard InChI is InChI=1S/C46H52BNOS2/c1-43(2,3)29-11-13-38-32(19-29)39-42(51-38)49-37-22-31(46-23-26-16-27(24-46)18-28(17-26)25-46)21-36-40(37)47(39)34-14-15-50-41(34)48(36)35-12-10-30(44(4,5)6)20-33(35)45(7,8)9/h10-15,19-22,26-28H,16-18,23-25H2,1-9H3/i11D,13D,14D,15D,19D. The number of benzene rings is 3. The highest BCUT2D eigenvalue weighted by Gasteiger charge is 2.53. The van der Waals surface area contributed by atoms with E-state index in [0.717, 1.165) is 56.3 Å². The first-order valence-corrected chi connectivity index (χ1v) is 20.8. The fraction of sp³-hybridized carbons (Fsp3) is 0.478. The van der Waals surface area contributed by atoms with Crippen molar-refractivity contribution in [3.8, 4) is 10.8 Å². The average molecular weight is 715 g/mol. The molecule has 0 radical (unpaired) electrons. The highest BCUT2D eigenvalue weighted by atomic mass is 32.1. The van der Waals surface area contributed by atoms with Crippen LogP contribution in [0.1, 0.15) is 130 Å². The summed E-state index contributed by atoms with van der Waals surface area (Å²) >= 11 is 2.76. The van der Waals surface area contributed by atoms with Gasteiger partial charge in [-0.05, 0) is 152 Å². The van der Waals surface area contributed by atoms with Crippen molar-refractivity contribution in [3.05, 3.63) is 82.1 Å². The van der Waals surface area contributed by atoms with Gasteiger partial charge in [0.2, 0.25) is 0 Å². The zero-order valence-electron chi connectivity index (χ0n) is 36.6. The van der Waals surface area contributed by atoms with Crippen LogP contribution >= 0.6 is 22.7 Å². The maximum atomic E-state index is 9.72. The van der Waals surface area contributed by atoms with Crippen LogP contribution in [0.25, 0.3) is 10.1 Å². The van der Waals surface area contributed by atoms with Crippen LogP contribution in [-0.2, 0) is 21.7 Å². The van der Waals surface area contributed by atoms with Crippen LogP contribution in [0.2, 0.25) is 0 Å². The quantitative estimate of drug-likeness (QED) is 0.165. The fourth-order valence-corrected chi connectivity index (χ4v) is 12.7. The van der Waals surface area contributed by atoms with E-state index >= 15 is 0 Å². The molecule has 2 nitrogen and oxygen atoms in total. The predicted molar refractivity (Wildman–Crippen MR) is 222 cm³/mol. The van der Waals surface area contributed by atoms with Crippen molar-refractivity contribution < 1.29 is 11.6 Å². The van der Waals surface area contributed by atoms with E-state index in [9.17, 15) is 5.48 Å². The molecule has 262 valence electrons. The third-order valence-electron chi connectivity index (χ3n) is 13.0. The van der Waals surface area contributed by atoms with Crippen LogP contribution < -0.4 is 26.0 Å². The minimum Gasteiger partial charge on any atom is -0.448 e. The molecule has 4 bridgehead atoms. The molecule has 0 atom stereocenters. The van der Waals surface area contributed by atoms with Crippen LogP contribution in [0.4, 0.5) is 16.4 Å². The van der Waals surface area contributed by atoms with Gasteiger partial charge < -0.3 is 9.64 Å². The summed E-state index contributed by atoms with van der Waals surface area (Å²) in [6.45, 7) is 19.2. The van der Waals surface area contributed by atoms with E-state index in [4.69, 9.17) is 6.11 Å². The molecule has 2 aliphatic heterocycles. The van der Waals surface area contributed by atoms with Crippen molar-refractivity contribution in [2.24, 2.45) is 17.8 Å². The van der Waals surface area contributed by atoms with Gasteiger partial charge in [-0.25, -0.2) is 0 Å². The molecular weight excluding hydrogens is 657 g/mol. The summed E-state index contributed by atoms with van der Waals surface area (Å²) in [5, 5.41) is 2.42. The minimum absolute atomic E-state index is 0.0420. The van der Waals surface area contributed by atoms with E-state index in [1.165, 1.54) is 77.9 Å². The lowest BCUT2D eigenvalue weighted by molar-refractivity contribution is -0.00522. The summed E-state index contributed by atoms with van der Waals surface area (Å²) in [5.74, 6) is 3.11. The molecule has 51 heavy (non-hydrogen) atoms. The zero-order valence-corrected chi connectivity index (χ0v) is 33.2. The number of rotatable bonds is 2. The first kappa shape index (κ1) is 27.6. The fourth-order valence-electron chi connectivity index (χ4n) is 10.8. The summed E-state index contributed by atoms with van der Waals surface area (Å²) < 4.78 is 54.7. The molecule has 0 amide bonds. The predicted octanol–water partition coefficient (Wildman–Crippen LogP) is 11.7. The van der Waals surface area contributed by atoms with Gasteiger partial charge in [0.15, 0.2) is 5.06 Å². The molecule has 0 unspecified atom stereocenters. The molecule has 5 aromatic rings. The lowest BCUT2D eigenvalue weighted by Gasteiger charge is -2.57. The van der Waals surface area contributed by atoms with Gasteiger partial charge in [0.1, 0.15) is 5.75 Å². The number of anilines is 3. The Labute approximate surface area is 320 Å². The molecule has 4 fully saturated rings. The second kappa shape index (κ2) is 10.6. The second-order valence-electron chi connectivity index (χ2n) is 19.8. The molecule has 5 heteroatoms. The largest absolute Gasteiger partial charge is 0.448 e. The van der Waals surface area contributed by atoms with Crippen molar-refractivity contribution >= 4 is 72.2 Å². The Morgan fingerprint density at radius 2 is 1.47 bits per heavy atom. The first-order chi connectivity index (χ1) is 26.2. The van der Waals surface area contributed by atoms with Gasteiger partial charge in [0, 0.05) is 10.4 Å². The Kier molecular flexibility index (Phi) is 5.71. The third-order valence-corrected chi connectivity index (χ3v) is 14.8. The topological polar surface area (TPSA) is 12.5 Å². The molecule has 0 spiro atoms. The van der Waals surface area contributed by atoms with Crippen molar-refractivity contribution in [1.82, 2.24) is 0 Å². The number of hydrogen-bond acceptors (Lipinski definition) is 4. The Morgan fingerprint density at radius 1 is 0.784 bits per heavy atom. The number of fused-ring (bicyclic) bond motifs is 6. The number of hydrogen-bond donors (Lipinski definition) is 0. The third kappa shape index (κ3) is 4.85. The lowest BCUT2D eigenvalue weighted by atomic mass is 9.34. The van der Waals surface area contributed by atoms with E-state index < -0.39 is 12.1 Å². The Hall–Kier alpha value is -3.02. The molecule has 4 heterocycles. The second-order valence-corrected chi connectivity index (χ2v) is 21.5. The van der Waals surface area contributed by atoms with Crippen LogP contribution in [-0.4, -0.2) is 6.71 Å². The van der Waals surface area contributed by atoms with Crippen molar-refractivity contribution in [1.29, 1.82) is 0 Å². The molecule has 3 aromatic carbocycles. The molecule has 0 N–H and O–H groups in total. The maximum absolute atomic E-state index is 9.72. The smallest absolute Gasteiger partial charge is 0.259 e. The zero-order chi connectivity index (χ0) is 39.8. The maximum Gasteiger partial charge on any atom is 0.259 e. The van der Waals surface area contributed by atoms with Gasteiger partial charge in [-0.15, -0.1) is 11.3 Å². The first-order valence-electron chi connectivity index (χ1n) is 21.6. The molecule has 4 aliphatic carbocycles. The van der Waals surface area contributed by atoms with E-state index in [2.05, 4.69) is 76.8 Å². The van der Waals surface area contributed by atoms with Crippen molar-refractivity contribution in [2.45, 2.75) is 122 Å². The normalized spacial score (nSPS) is 26.2. The molecule has 4 saturated carbocycles. The van der Waals surface area contributed by atoms with Gasteiger partial charge in [0.05, 0.1) is 17.5 Å².